The summed E-state index contributed by atoms with van der Waals surface area (Å²) < 4.78 is 3.93. The van der Waals surface area contributed by atoms with Crippen LogP contribution in [0.1, 0.15) is 21.7 Å². The second kappa shape index (κ2) is 6.60. The highest BCUT2D eigenvalue weighted by atomic mass is 32.2. The molecule has 0 bridgehead atoms. The lowest BCUT2D eigenvalue weighted by molar-refractivity contribution is 0.102. The lowest BCUT2D eigenvalue weighted by Crippen LogP contribution is -2.05. The van der Waals surface area contributed by atoms with Crippen molar-refractivity contribution in [2.24, 2.45) is 14.1 Å². The lowest BCUT2D eigenvalue weighted by Gasteiger charge is -2.04. The molecule has 0 spiro atoms. The smallest absolute Gasteiger partial charge is 0.191 e. The molecule has 3 aromatic heterocycles. The Labute approximate surface area is 144 Å². The van der Waals surface area contributed by atoms with E-state index in [0.29, 0.717) is 5.75 Å². The van der Waals surface area contributed by atoms with Gasteiger partial charge in [0.15, 0.2) is 16.8 Å². The van der Waals surface area contributed by atoms with Gasteiger partial charge in [-0.2, -0.15) is 0 Å². The molecule has 124 valence electrons. The molecule has 7 heteroatoms. The number of aromatic nitrogens is 5. The van der Waals surface area contributed by atoms with Crippen molar-refractivity contribution in [2.75, 3.05) is 5.75 Å². The van der Waals surface area contributed by atoms with Crippen molar-refractivity contribution < 1.29 is 4.79 Å². The zero-order chi connectivity index (χ0) is 17.3. The Bertz CT molecular complexity index is 882. The van der Waals surface area contributed by atoms with E-state index in [1.165, 1.54) is 11.8 Å². The molecule has 0 aliphatic carbocycles. The molecule has 0 atom stereocenters. The number of aryl methyl sites for hydroxylation is 1. The summed E-state index contributed by atoms with van der Waals surface area (Å²) >= 11 is 1.40. The summed E-state index contributed by atoms with van der Waals surface area (Å²) in [6.45, 7) is 3.97. The van der Waals surface area contributed by atoms with Crippen LogP contribution in [-0.4, -0.2) is 35.9 Å². The van der Waals surface area contributed by atoms with Crippen LogP contribution in [0.4, 0.5) is 0 Å². The van der Waals surface area contributed by atoms with Gasteiger partial charge < -0.3 is 9.13 Å². The molecular formula is C17H19N5OS. The highest BCUT2D eigenvalue weighted by Crippen LogP contribution is 2.23. The zero-order valence-corrected chi connectivity index (χ0v) is 15.0. The predicted octanol–water partition coefficient (Wildman–Crippen LogP) is 2.81. The lowest BCUT2D eigenvalue weighted by atomic mass is 10.2. The summed E-state index contributed by atoms with van der Waals surface area (Å²) in [7, 11) is 3.87. The molecule has 3 aromatic rings. The average Bonchev–Trinajstić information content (AvgIpc) is 3.08. The van der Waals surface area contributed by atoms with E-state index in [4.69, 9.17) is 0 Å². The number of rotatable bonds is 5. The number of pyridine rings is 1. The van der Waals surface area contributed by atoms with Gasteiger partial charge in [-0.15, -0.1) is 10.2 Å². The van der Waals surface area contributed by atoms with Gasteiger partial charge in [0.05, 0.1) is 5.75 Å². The standard InChI is InChI=1S/C17H19N5OS/c1-11-9-14(12(2)21(11)3)15(23)10-24-17-20-19-16(22(17)4)13-5-7-18-8-6-13/h5-9H,10H2,1-4H3. The van der Waals surface area contributed by atoms with E-state index in [2.05, 4.69) is 15.2 Å². The summed E-state index contributed by atoms with van der Waals surface area (Å²) in [5.74, 6) is 1.21. The number of carbonyl (C=O) groups excluding carboxylic acids is 1. The monoisotopic (exact) mass is 341 g/mol. The van der Waals surface area contributed by atoms with E-state index in [0.717, 1.165) is 33.5 Å². The Kier molecular flexibility index (Phi) is 4.53. The second-order valence-electron chi connectivity index (χ2n) is 5.66. The van der Waals surface area contributed by atoms with Crippen LogP contribution in [0.2, 0.25) is 0 Å². The minimum absolute atomic E-state index is 0.106. The van der Waals surface area contributed by atoms with Gasteiger partial charge in [0.2, 0.25) is 0 Å². The third-order valence-corrected chi connectivity index (χ3v) is 5.20. The molecule has 0 amide bonds. The van der Waals surface area contributed by atoms with Gasteiger partial charge >= 0.3 is 0 Å². The van der Waals surface area contributed by atoms with Crippen LogP contribution in [0.25, 0.3) is 11.4 Å². The fourth-order valence-electron chi connectivity index (χ4n) is 2.54. The van der Waals surface area contributed by atoms with E-state index in [9.17, 15) is 4.79 Å². The van der Waals surface area contributed by atoms with Crippen LogP contribution in [0.15, 0.2) is 35.7 Å². The van der Waals surface area contributed by atoms with Gasteiger partial charge in [-0.25, -0.2) is 0 Å². The molecule has 0 saturated heterocycles. The molecule has 24 heavy (non-hydrogen) atoms. The maximum atomic E-state index is 12.5. The van der Waals surface area contributed by atoms with Crippen LogP contribution in [0.5, 0.6) is 0 Å². The number of thioether (sulfide) groups is 1. The topological polar surface area (TPSA) is 65.6 Å². The highest BCUT2D eigenvalue weighted by Gasteiger charge is 2.17. The summed E-state index contributed by atoms with van der Waals surface area (Å²) in [5.41, 5.74) is 3.81. The molecule has 3 heterocycles. The molecule has 0 aromatic carbocycles. The SMILES string of the molecule is Cc1cc(C(=O)CSc2nnc(-c3ccncc3)n2C)c(C)n1C. The van der Waals surface area contributed by atoms with Gasteiger partial charge in [0.1, 0.15) is 0 Å². The summed E-state index contributed by atoms with van der Waals surface area (Å²) in [5, 5.41) is 9.15. The molecule has 0 aliphatic heterocycles. The summed E-state index contributed by atoms with van der Waals surface area (Å²) in [6.07, 6.45) is 3.45. The number of nitrogens with zero attached hydrogens (tertiary/aromatic N) is 5. The van der Waals surface area contributed by atoms with Crippen LogP contribution in [0, 0.1) is 13.8 Å². The number of hydrogen-bond donors (Lipinski definition) is 0. The molecule has 0 N–H and O–H groups in total. The maximum Gasteiger partial charge on any atom is 0.191 e. The first-order valence-corrected chi connectivity index (χ1v) is 8.56. The Balaban J connectivity index is 1.75. The van der Waals surface area contributed by atoms with Crippen LogP contribution in [0.3, 0.4) is 0 Å². The van der Waals surface area contributed by atoms with Crippen molar-refractivity contribution in [3.63, 3.8) is 0 Å². The molecule has 6 nitrogen and oxygen atoms in total. The number of hydrogen-bond acceptors (Lipinski definition) is 5. The maximum absolute atomic E-state index is 12.5. The van der Waals surface area contributed by atoms with Crippen molar-refractivity contribution in [3.05, 3.63) is 47.5 Å². The Morgan fingerprint density at radius 1 is 1.12 bits per heavy atom. The van der Waals surface area contributed by atoms with Crippen molar-refractivity contribution in [3.8, 4) is 11.4 Å². The molecule has 0 aliphatic rings. The average molecular weight is 341 g/mol. The van der Waals surface area contributed by atoms with Gasteiger partial charge in [0, 0.05) is 49.0 Å². The highest BCUT2D eigenvalue weighted by molar-refractivity contribution is 7.99. The molecule has 0 radical (unpaired) electrons. The summed E-state index contributed by atoms with van der Waals surface area (Å²) in [4.78, 5) is 16.5. The Hall–Kier alpha value is -2.41. The van der Waals surface area contributed by atoms with Crippen molar-refractivity contribution >= 4 is 17.5 Å². The molecule has 3 rings (SSSR count). The minimum atomic E-state index is 0.106. The minimum Gasteiger partial charge on any atom is -0.351 e. The van der Waals surface area contributed by atoms with Crippen LogP contribution >= 0.6 is 11.8 Å². The number of Topliss-reactive ketones (excluding diaryl/α,β-unsaturated/α-hetero) is 1. The van der Waals surface area contributed by atoms with Gasteiger partial charge in [-0.3, -0.25) is 9.78 Å². The molecule has 0 fully saturated rings. The first-order valence-electron chi connectivity index (χ1n) is 7.57. The number of ketones is 1. The Morgan fingerprint density at radius 3 is 2.46 bits per heavy atom. The Morgan fingerprint density at radius 2 is 1.83 bits per heavy atom. The van der Waals surface area contributed by atoms with Crippen LogP contribution in [-0.2, 0) is 14.1 Å². The molecule has 0 saturated carbocycles. The normalized spacial score (nSPS) is 11.0. The van der Waals surface area contributed by atoms with E-state index >= 15 is 0 Å². The third kappa shape index (κ3) is 2.99. The van der Waals surface area contributed by atoms with Gasteiger partial charge in [-0.05, 0) is 32.0 Å². The third-order valence-electron chi connectivity index (χ3n) is 4.18. The van der Waals surface area contributed by atoms with Gasteiger partial charge in [0.25, 0.3) is 0 Å². The van der Waals surface area contributed by atoms with E-state index in [-0.39, 0.29) is 5.78 Å². The van der Waals surface area contributed by atoms with Gasteiger partial charge in [-0.1, -0.05) is 11.8 Å². The quantitative estimate of drug-likeness (QED) is 0.527. The predicted molar refractivity (Wildman–Crippen MR) is 94.2 cm³/mol. The van der Waals surface area contributed by atoms with E-state index in [1.807, 2.05) is 55.3 Å². The largest absolute Gasteiger partial charge is 0.351 e. The first kappa shape index (κ1) is 16.4. The summed E-state index contributed by atoms with van der Waals surface area (Å²) in [6, 6.07) is 5.72. The first-order chi connectivity index (χ1) is 11.5. The second-order valence-corrected chi connectivity index (χ2v) is 6.60. The zero-order valence-electron chi connectivity index (χ0n) is 14.1. The van der Waals surface area contributed by atoms with Crippen molar-refractivity contribution in [1.82, 2.24) is 24.3 Å². The molecular weight excluding hydrogens is 322 g/mol. The van der Waals surface area contributed by atoms with Crippen molar-refractivity contribution in [2.45, 2.75) is 19.0 Å². The fraction of sp³-hybridized carbons (Fsp3) is 0.294. The van der Waals surface area contributed by atoms with Crippen LogP contribution < -0.4 is 0 Å². The number of carbonyl (C=O) groups is 1. The van der Waals surface area contributed by atoms with E-state index in [1.54, 1.807) is 12.4 Å². The molecule has 0 unspecified atom stereocenters. The van der Waals surface area contributed by atoms with E-state index < -0.39 is 0 Å². The van der Waals surface area contributed by atoms with Crippen molar-refractivity contribution in [1.29, 1.82) is 0 Å². The fourth-order valence-corrected chi connectivity index (χ4v) is 3.33.